The molecule has 0 fully saturated rings. The lowest BCUT2D eigenvalue weighted by Crippen LogP contribution is -2.46. The van der Waals surface area contributed by atoms with E-state index in [1.54, 1.807) is 0 Å². The van der Waals surface area contributed by atoms with E-state index >= 15 is 0 Å². The molecule has 1 heterocycles. The molecule has 19 heavy (non-hydrogen) atoms. The largest absolute Gasteiger partial charge is 0.351 e. The van der Waals surface area contributed by atoms with Crippen LogP contribution in [-0.2, 0) is 4.79 Å². The van der Waals surface area contributed by atoms with E-state index in [0.29, 0.717) is 5.96 Å². The Balaban J connectivity index is 2.33. The fourth-order valence-corrected chi connectivity index (χ4v) is 2.06. The van der Waals surface area contributed by atoms with Crippen molar-refractivity contribution in [1.82, 2.24) is 10.6 Å². The lowest BCUT2D eigenvalue weighted by atomic mass is 10.1. The van der Waals surface area contributed by atoms with Gasteiger partial charge in [0.2, 0.25) is 0 Å². The van der Waals surface area contributed by atoms with Crippen LogP contribution in [0.1, 0.15) is 32.4 Å². The number of nitrogens with one attached hydrogen (secondary N) is 2. The highest BCUT2D eigenvalue weighted by molar-refractivity contribution is 6.31. The molecule has 1 aromatic rings. The molecule has 0 aliphatic carbocycles. The third-order valence-electron chi connectivity index (χ3n) is 2.51. The van der Waals surface area contributed by atoms with Crippen LogP contribution in [0.2, 0.25) is 5.02 Å². The molecule has 1 atom stereocenters. The summed E-state index contributed by atoms with van der Waals surface area (Å²) in [6.45, 7) is 5.81. The average molecular weight is 284 g/mol. The summed E-state index contributed by atoms with van der Waals surface area (Å²) in [4.78, 5) is 16.1. The van der Waals surface area contributed by atoms with Crippen LogP contribution in [0.3, 0.4) is 0 Å². The predicted molar refractivity (Wildman–Crippen MR) is 72.6 cm³/mol. The van der Waals surface area contributed by atoms with E-state index in [9.17, 15) is 9.18 Å². The summed E-state index contributed by atoms with van der Waals surface area (Å²) in [6.07, 6.45) is 0. The zero-order valence-corrected chi connectivity index (χ0v) is 11.7. The number of amides is 1. The van der Waals surface area contributed by atoms with E-state index in [0.717, 1.165) is 0 Å². The van der Waals surface area contributed by atoms with Crippen molar-refractivity contribution < 1.29 is 9.18 Å². The van der Waals surface area contributed by atoms with E-state index in [1.807, 2.05) is 20.8 Å². The normalized spacial score (nSPS) is 19.1. The number of hydrogen-bond acceptors (Lipinski definition) is 3. The number of hydrogen-bond donors (Lipinski definition) is 2. The summed E-state index contributed by atoms with van der Waals surface area (Å²) >= 11 is 5.95. The fourth-order valence-electron chi connectivity index (χ4n) is 1.79. The van der Waals surface area contributed by atoms with E-state index in [1.165, 1.54) is 18.2 Å². The minimum Gasteiger partial charge on any atom is -0.351 e. The van der Waals surface area contributed by atoms with Crippen molar-refractivity contribution in [3.63, 3.8) is 0 Å². The molecule has 0 bridgehead atoms. The van der Waals surface area contributed by atoms with E-state index < -0.39 is 17.8 Å². The van der Waals surface area contributed by atoms with Gasteiger partial charge in [0.05, 0.1) is 0 Å². The topological polar surface area (TPSA) is 53.5 Å². The minimum atomic E-state index is -0.946. The minimum absolute atomic E-state index is 0.104. The zero-order chi connectivity index (χ0) is 14.2. The van der Waals surface area contributed by atoms with Gasteiger partial charge in [-0.2, -0.15) is 0 Å². The summed E-state index contributed by atoms with van der Waals surface area (Å²) in [6, 6.07) is 3.35. The number of halogens is 2. The first-order valence-electron chi connectivity index (χ1n) is 5.89. The van der Waals surface area contributed by atoms with Gasteiger partial charge in [0.25, 0.3) is 5.91 Å². The molecule has 0 saturated carbocycles. The van der Waals surface area contributed by atoms with Crippen molar-refractivity contribution in [1.29, 1.82) is 0 Å². The molecule has 1 aliphatic heterocycles. The molecule has 1 unspecified atom stereocenters. The predicted octanol–water partition coefficient (Wildman–Crippen LogP) is 2.39. The highest BCUT2D eigenvalue weighted by Crippen LogP contribution is 2.30. The van der Waals surface area contributed by atoms with Crippen molar-refractivity contribution in [2.24, 2.45) is 4.99 Å². The molecule has 2 N–H and O–H groups in total. The van der Waals surface area contributed by atoms with Gasteiger partial charge in [-0.25, -0.2) is 9.38 Å². The van der Waals surface area contributed by atoms with Gasteiger partial charge < -0.3 is 5.32 Å². The van der Waals surface area contributed by atoms with Crippen LogP contribution < -0.4 is 10.6 Å². The van der Waals surface area contributed by atoms with Gasteiger partial charge >= 0.3 is 0 Å². The Hall–Kier alpha value is -1.62. The summed E-state index contributed by atoms with van der Waals surface area (Å²) < 4.78 is 13.8. The van der Waals surface area contributed by atoms with Gasteiger partial charge in [-0.3, -0.25) is 10.1 Å². The Morgan fingerprint density at radius 2 is 2.11 bits per heavy atom. The monoisotopic (exact) mass is 283 g/mol. The molecule has 2 rings (SSSR count). The highest BCUT2D eigenvalue weighted by atomic mass is 35.5. The lowest BCUT2D eigenvalue weighted by Gasteiger charge is -2.21. The molecule has 1 aromatic carbocycles. The number of carbonyl (C=O) groups excluding carboxylic acids is 1. The Labute approximate surface area is 116 Å². The van der Waals surface area contributed by atoms with Crippen LogP contribution in [0.15, 0.2) is 23.2 Å². The van der Waals surface area contributed by atoms with Crippen molar-refractivity contribution in [2.75, 3.05) is 0 Å². The van der Waals surface area contributed by atoms with Gasteiger partial charge in [0, 0.05) is 16.1 Å². The summed E-state index contributed by atoms with van der Waals surface area (Å²) in [5.74, 6) is -0.589. The fraction of sp³-hybridized carbons (Fsp3) is 0.385. The van der Waals surface area contributed by atoms with E-state index in [2.05, 4.69) is 15.6 Å². The smallest absolute Gasteiger partial charge is 0.256 e. The van der Waals surface area contributed by atoms with Crippen LogP contribution in [0, 0.1) is 5.82 Å². The molecule has 0 radical (unpaired) electrons. The third-order valence-corrected chi connectivity index (χ3v) is 2.84. The number of rotatable bonds is 1. The number of aliphatic imine (C=N–C) groups is 1. The quantitative estimate of drug-likeness (QED) is 0.831. The van der Waals surface area contributed by atoms with Gasteiger partial charge in [-0.1, -0.05) is 17.7 Å². The van der Waals surface area contributed by atoms with Gasteiger partial charge in [0.1, 0.15) is 5.82 Å². The third kappa shape index (κ3) is 3.04. The maximum Gasteiger partial charge on any atom is 0.256 e. The maximum absolute atomic E-state index is 13.8. The first-order chi connectivity index (χ1) is 8.78. The average Bonchev–Trinajstić information content (AvgIpc) is 2.56. The first kappa shape index (κ1) is 13.8. The number of nitrogens with zero attached hydrogens (tertiary/aromatic N) is 1. The molecule has 0 aromatic heterocycles. The Bertz CT molecular complexity index is 531. The van der Waals surface area contributed by atoms with Crippen molar-refractivity contribution >= 4 is 23.5 Å². The van der Waals surface area contributed by atoms with Crippen LogP contribution in [0.4, 0.5) is 4.39 Å². The molecule has 4 nitrogen and oxygen atoms in total. The lowest BCUT2D eigenvalue weighted by molar-refractivity contribution is -0.120. The second-order valence-corrected chi connectivity index (χ2v) is 5.79. The molecule has 0 saturated heterocycles. The van der Waals surface area contributed by atoms with Crippen LogP contribution >= 0.6 is 11.6 Å². The van der Waals surface area contributed by atoms with Crippen LogP contribution in [-0.4, -0.2) is 17.4 Å². The Morgan fingerprint density at radius 1 is 1.42 bits per heavy atom. The summed E-state index contributed by atoms with van der Waals surface area (Å²) in [5.41, 5.74) is -0.146. The number of benzene rings is 1. The molecule has 6 heteroatoms. The zero-order valence-electron chi connectivity index (χ0n) is 10.9. The molecule has 102 valence electrons. The van der Waals surface area contributed by atoms with Crippen LogP contribution in [0.5, 0.6) is 0 Å². The van der Waals surface area contributed by atoms with Gasteiger partial charge in [-0.15, -0.1) is 0 Å². The maximum atomic E-state index is 13.8. The van der Waals surface area contributed by atoms with Gasteiger partial charge in [0.15, 0.2) is 12.0 Å². The van der Waals surface area contributed by atoms with Crippen LogP contribution in [0.25, 0.3) is 0 Å². The van der Waals surface area contributed by atoms with Crippen molar-refractivity contribution in [3.8, 4) is 0 Å². The van der Waals surface area contributed by atoms with E-state index in [4.69, 9.17) is 11.6 Å². The van der Waals surface area contributed by atoms with Crippen molar-refractivity contribution in [2.45, 2.75) is 32.4 Å². The Morgan fingerprint density at radius 3 is 2.68 bits per heavy atom. The van der Waals surface area contributed by atoms with Gasteiger partial charge in [-0.05, 0) is 32.9 Å². The Kier molecular flexibility index (Phi) is 3.49. The summed E-state index contributed by atoms with van der Waals surface area (Å²) in [7, 11) is 0. The first-order valence-corrected chi connectivity index (χ1v) is 6.26. The molecular formula is C13H15ClFN3O. The highest BCUT2D eigenvalue weighted by Gasteiger charge is 2.32. The number of guanidine groups is 1. The van der Waals surface area contributed by atoms with E-state index in [-0.39, 0.29) is 16.1 Å². The molecule has 0 spiro atoms. The standard InChI is InChI=1S/C13H15ClFN3O/c1-13(2,3)18-12-16-10(11(19)17-12)9-7(14)5-4-6-8(9)15/h4-6,10H,1-3H3,(H2,16,17,18,19). The second kappa shape index (κ2) is 4.81. The second-order valence-electron chi connectivity index (χ2n) is 5.38. The molecular weight excluding hydrogens is 269 g/mol. The summed E-state index contributed by atoms with van der Waals surface area (Å²) in [5, 5.41) is 5.82. The number of carbonyl (C=O) groups is 1. The van der Waals surface area contributed by atoms with Crippen molar-refractivity contribution in [3.05, 3.63) is 34.6 Å². The molecule has 1 aliphatic rings. The SMILES string of the molecule is CC(C)(C)NC1=NC(c2c(F)cccc2Cl)C(=O)N1. The molecule has 1 amide bonds.